The number of sulfonamides is 1. The Labute approximate surface area is 120 Å². The second-order valence-corrected chi connectivity index (χ2v) is 7.25. The third kappa shape index (κ3) is 3.80. The summed E-state index contributed by atoms with van der Waals surface area (Å²) in [6.07, 6.45) is 5.67. The van der Waals surface area contributed by atoms with Gasteiger partial charge in [-0.25, -0.2) is 13.1 Å². The molecule has 1 aromatic rings. The molecule has 7 heteroatoms. The normalized spacial score (nSPS) is 23.9. The largest absolute Gasteiger partial charge is 0.313 e. The van der Waals surface area contributed by atoms with Crippen molar-refractivity contribution in [3.63, 3.8) is 0 Å². The molecule has 1 saturated carbocycles. The first-order chi connectivity index (χ1) is 9.53. The van der Waals surface area contributed by atoms with Crippen LogP contribution in [0, 0.1) is 5.92 Å². The van der Waals surface area contributed by atoms with Gasteiger partial charge in [-0.2, -0.15) is 5.10 Å². The molecular weight excluding hydrogens is 276 g/mol. The van der Waals surface area contributed by atoms with Crippen molar-refractivity contribution in [2.75, 3.05) is 6.54 Å². The van der Waals surface area contributed by atoms with Crippen molar-refractivity contribution in [2.24, 2.45) is 5.92 Å². The number of nitrogens with zero attached hydrogens (tertiary/aromatic N) is 1. The van der Waals surface area contributed by atoms with Crippen molar-refractivity contribution in [3.8, 4) is 0 Å². The number of hydrogen-bond acceptors (Lipinski definition) is 4. The number of hydrogen-bond donors (Lipinski definition) is 3. The molecule has 3 N–H and O–H groups in total. The van der Waals surface area contributed by atoms with Gasteiger partial charge in [0.25, 0.3) is 10.0 Å². The lowest BCUT2D eigenvalue weighted by atomic mass is 9.88. The van der Waals surface area contributed by atoms with Crippen LogP contribution in [0.25, 0.3) is 0 Å². The average Bonchev–Trinajstić information content (AvgIpc) is 2.85. The van der Waals surface area contributed by atoms with Crippen LogP contribution in [0.5, 0.6) is 0 Å². The number of H-pyrrole nitrogens is 1. The molecule has 0 aromatic carbocycles. The maximum absolute atomic E-state index is 12.4. The van der Waals surface area contributed by atoms with Gasteiger partial charge in [-0.05, 0) is 25.3 Å². The number of aromatic amines is 1. The summed E-state index contributed by atoms with van der Waals surface area (Å²) in [5, 5.41) is 9.79. The first kappa shape index (κ1) is 15.5. The van der Waals surface area contributed by atoms with E-state index < -0.39 is 10.0 Å². The summed E-state index contributed by atoms with van der Waals surface area (Å²) in [6, 6.07) is 0.0408. The summed E-state index contributed by atoms with van der Waals surface area (Å²) >= 11 is 0. The summed E-state index contributed by atoms with van der Waals surface area (Å²) in [5.41, 5.74) is 0.684. The fourth-order valence-corrected chi connectivity index (χ4v) is 4.15. The monoisotopic (exact) mass is 300 g/mol. The molecule has 1 aliphatic carbocycles. The lowest BCUT2D eigenvalue weighted by molar-refractivity contribution is 0.327. The van der Waals surface area contributed by atoms with E-state index in [1.54, 1.807) is 6.20 Å². The minimum absolute atomic E-state index is 0.0408. The van der Waals surface area contributed by atoms with Crippen LogP contribution in [-0.2, 0) is 16.6 Å². The molecule has 1 aromatic heterocycles. The predicted molar refractivity (Wildman–Crippen MR) is 77.7 cm³/mol. The first-order valence-electron chi connectivity index (χ1n) is 7.28. The first-order valence-corrected chi connectivity index (χ1v) is 8.76. The molecule has 0 aliphatic heterocycles. The minimum Gasteiger partial charge on any atom is -0.313 e. The Hall–Kier alpha value is -0.920. The van der Waals surface area contributed by atoms with Gasteiger partial charge in [0, 0.05) is 18.2 Å². The topological polar surface area (TPSA) is 86.9 Å². The smallest absolute Gasteiger partial charge is 0.258 e. The summed E-state index contributed by atoms with van der Waals surface area (Å²) < 4.78 is 27.7. The van der Waals surface area contributed by atoms with Crippen molar-refractivity contribution >= 4 is 10.0 Å². The molecule has 2 atom stereocenters. The summed E-state index contributed by atoms with van der Waals surface area (Å²) in [7, 11) is -3.51. The highest BCUT2D eigenvalue weighted by molar-refractivity contribution is 7.89. The van der Waals surface area contributed by atoms with E-state index in [2.05, 4.69) is 27.2 Å². The van der Waals surface area contributed by atoms with Gasteiger partial charge in [0.05, 0.1) is 6.20 Å². The van der Waals surface area contributed by atoms with Gasteiger partial charge in [-0.1, -0.05) is 26.7 Å². The van der Waals surface area contributed by atoms with Crippen LogP contribution in [0.2, 0.25) is 0 Å². The molecule has 0 saturated heterocycles. The zero-order chi connectivity index (χ0) is 14.6. The average molecular weight is 300 g/mol. The SMILES string of the molecule is CCNCc1cn[nH]c1S(=O)(=O)NC1CCCC(C)C1. The molecule has 1 aliphatic rings. The quantitative estimate of drug-likeness (QED) is 0.740. The number of nitrogens with one attached hydrogen (secondary N) is 3. The van der Waals surface area contributed by atoms with Crippen molar-refractivity contribution in [3.05, 3.63) is 11.8 Å². The number of rotatable bonds is 6. The van der Waals surface area contributed by atoms with Gasteiger partial charge in [0.15, 0.2) is 5.03 Å². The maximum atomic E-state index is 12.4. The summed E-state index contributed by atoms with van der Waals surface area (Å²) in [4.78, 5) is 0. The molecule has 0 bridgehead atoms. The second kappa shape index (κ2) is 6.69. The number of aromatic nitrogens is 2. The molecule has 0 spiro atoms. The van der Waals surface area contributed by atoms with Crippen LogP contribution in [0.15, 0.2) is 11.2 Å². The molecule has 2 rings (SSSR count). The Morgan fingerprint density at radius 3 is 2.95 bits per heavy atom. The Morgan fingerprint density at radius 2 is 2.25 bits per heavy atom. The van der Waals surface area contributed by atoms with E-state index in [0.717, 1.165) is 25.8 Å². The molecule has 2 unspecified atom stereocenters. The molecular formula is C13H24N4O2S. The molecule has 1 fully saturated rings. The highest BCUT2D eigenvalue weighted by Crippen LogP contribution is 2.25. The maximum Gasteiger partial charge on any atom is 0.258 e. The van der Waals surface area contributed by atoms with E-state index in [0.29, 0.717) is 18.0 Å². The molecule has 20 heavy (non-hydrogen) atoms. The van der Waals surface area contributed by atoms with Gasteiger partial charge in [-0.3, -0.25) is 5.10 Å². The molecule has 0 amide bonds. The van der Waals surface area contributed by atoms with E-state index in [9.17, 15) is 8.42 Å². The highest BCUT2D eigenvalue weighted by atomic mass is 32.2. The molecule has 6 nitrogen and oxygen atoms in total. The zero-order valence-corrected chi connectivity index (χ0v) is 13.0. The van der Waals surface area contributed by atoms with E-state index >= 15 is 0 Å². The Balaban J connectivity index is 2.08. The lowest BCUT2D eigenvalue weighted by Gasteiger charge is -2.27. The minimum atomic E-state index is -3.51. The standard InChI is InChI=1S/C13H24N4O2S/c1-3-14-8-11-9-15-16-13(11)20(18,19)17-12-6-4-5-10(2)7-12/h9-10,12,14,17H,3-8H2,1-2H3,(H,15,16). The predicted octanol–water partition coefficient (Wildman–Crippen LogP) is 1.38. The third-order valence-electron chi connectivity index (χ3n) is 3.77. The van der Waals surface area contributed by atoms with Crippen molar-refractivity contribution in [2.45, 2.75) is 57.1 Å². The van der Waals surface area contributed by atoms with Crippen LogP contribution in [0.4, 0.5) is 0 Å². The van der Waals surface area contributed by atoms with Crippen LogP contribution in [0.1, 0.15) is 45.1 Å². The van der Waals surface area contributed by atoms with Crippen molar-refractivity contribution < 1.29 is 8.42 Å². The summed E-state index contributed by atoms with van der Waals surface area (Å²) in [6.45, 7) is 5.45. The van der Waals surface area contributed by atoms with E-state index in [1.165, 1.54) is 6.42 Å². The fraction of sp³-hybridized carbons (Fsp3) is 0.769. The second-order valence-electron chi connectivity index (χ2n) is 5.59. The van der Waals surface area contributed by atoms with Crippen LogP contribution >= 0.6 is 0 Å². The zero-order valence-electron chi connectivity index (χ0n) is 12.1. The highest BCUT2D eigenvalue weighted by Gasteiger charge is 2.27. The fourth-order valence-electron chi connectivity index (χ4n) is 2.74. The van der Waals surface area contributed by atoms with E-state index in [-0.39, 0.29) is 11.1 Å². The van der Waals surface area contributed by atoms with E-state index in [4.69, 9.17) is 0 Å². The Morgan fingerprint density at radius 1 is 1.45 bits per heavy atom. The van der Waals surface area contributed by atoms with Crippen LogP contribution in [-0.4, -0.2) is 31.2 Å². The molecule has 114 valence electrons. The van der Waals surface area contributed by atoms with Gasteiger partial charge in [0.2, 0.25) is 0 Å². The van der Waals surface area contributed by atoms with Gasteiger partial charge in [-0.15, -0.1) is 0 Å². The molecule has 0 radical (unpaired) electrons. The lowest BCUT2D eigenvalue weighted by Crippen LogP contribution is -2.38. The van der Waals surface area contributed by atoms with Crippen LogP contribution in [0.3, 0.4) is 0 Å². The Kier molecular flexibility index (Phi) is 5.17. The van der Waals surface area contributed by atoms with Crippen LogP contribution < -0.4 is 10.0 Å². The Bertz CT molecular complexity index is 526. The summed E-state index contributed by atoms with van der Waals surface area (Å²) in [5.74, 6) is 0.583. The van der Waals surface area contributed by atoms with Gasteiger partial charge in [0.1, 0.15) is 0 Å². The van der Waals surface area contributed by atoms with E-state index in [1.807, 2.05) is 6.92 Å². The van der Waals surface area contributed by atoms with Crippen molar-refractivity contribution in [1.82, 2.24) is 20.2 Å². The third-order valence-corrected chi connectivity index (χ3v) is 5.31. The molecule has 1 heterocycles. The van der Waals surface area contributed by atoms with Gasteiger partial charge < -0.3 is 5.32 Å². The van der Waals surface area contributed by atoms with Crippen molar-refractivity contribution in [1.29, 1.82) is 0 Å². The van der Waals surface area contributed by atoms with Gasteiger partial charge >= 0.3 is 0 Å².